The lowest BCUT2D eigenvalue weighted by atomic mass is 9.99. The van der Waals surface area contributed by atoms with Crippen LogP contribution in [0.3, 0.4) is 0 Å². The van der Waals surface area contributed by atoms with Crippen LogP contribution in [0, 0.1) is 12.8 Å². The van der Waals surface area contributed by atoms with Crippen molar-refractivity contribution in [2.45, 2.75) is 46.1 Å². The maximum Gasteiger partial charge on any atom is 0.142 e. The molecule has 0 saturated carbocycles. The van der Waals surface area contributed by atoms with Gasteiger partial charge in [-0.25, -0.2) is 4.98 Å². The molecule has 4 heteroatoms. The molecular weight excluding hydrogens is 236 g/mol. The van der Waals surface area contributed by atoms with E-state index in [0.29, 0.717) is 16.8 Å². The molecule has 0 aliphatic heterocycles. The van der Waals surface area contributed by atoms with Crippen LogP contribution in [0.5, 0.6) is 0 Å². The maximum atomic E-state index is 10.1. The molecule has 0 aliphatic carbocycles. The maximum absolute atomic E-state index is 10.1. The molecule has 3 N–H and O–H groups in total. The van der Waals surface area contributed by atoms with Crippen LogP contribution >= 0.6 is 11.6 Å². The van der Waals surface area contributed by atoms with Gasteiger partial charge < -0.3 is 10.8 Å². The summed E-state index contributed by atoms with van der Waals surface area (Å²) in [6, 6.07) is 1.72. The highest BCUT2D eigenvalue weighted by molar-refractivity contribution is 6.32. The van der Waals surface area contributed by atoms with Gasteiger partial charge >= 0.3 is 0 Å². The average molecular weight is 257 g/mol. The van der Waals surface area contributed by atoms with Crippen molar-refractivity contribution in [3.63, 3.8) is 0 Å². The zero-order valence-corrected chi connectivity index (χ0v) is 11.5. The van der Waals surface area contributed by atoms with Crippen LogP contribution < -0.4 is 5.73 Å². The topological polar surface area (TPSA) is 59.1 Å². The lowest BCUT2D eigenvalue weighted by Crippen LogP contribution is -2.05. The summed E-state index contributed by atoms with van der Waals surface area (Å²) in [5.41, 5.74) is 7.14. The number of pyridine rings is 1. The minimum Gasteiger partial charge on any atom is -0.388 e. The van der Waals surface area contributed by atoms with E-state index in [4.69, 9.17) is 17.3 Å². The van der Waals surface area contributed by atoms with Crippen molar-refractivity contribution in [2.75, 3.05) is 5.73 Å². The third kappa shape index (κ3) is 4.17. The molecule has 0 fully saturated rings. The number of halogens is 1. The van der Waals surface area contributed by atoms with Gasteiger partial charge in [0.1, 0.15) is 5.82 Å². The van der Waals surface area contributed by atoms with E-state index in [9.17, 15) is 5.11 Å². The summed E-state index contributed by atoms with van der Waals surface area (Å²) < 4.78 is 0. The van der Waals surface area contributed by atoms with E-state index >= 15 is 0 Å². The lowest BCUT2D eigenvalue weighted by molar-refractivity contribution is 0.161. The highest BCUT2D eigenvalue weighted by Gasteiger charge is 2.13. The fraction of sp³-hybridized carbons (Fsp3) is 0.615. The fourth-order valence-corrected chi connectivity index (χ4v) is 1.99. The summed E-state index contributed by atoms with van der Waals surface area (Å²) in [4.78, 5) is 4.12. The van der Waals surface area contributed by atoms with Crippen LogP contribution in [0.2, 0.25) is 5.02 Å². The van der Waals surface area contributed by atoms with Gasteiger partial charge in [-0.3, -0.25) is 0 Å². The number of nitrogen functional groups attached to an aromatic ring is 1. The van der Waals surface area contributed by atoms with Gasteiger partial charge in [0, 0.05) is 11.3 Å². The first kappa shape index (κ1) is 14.3. The van der Waals surface area contributed by atoms with Crippen molar-refractivity contribution in [1.29, 1.82) is 0 Å². The summed E-state index contributed by atoms with van der Waals surface area (Å²) in [5.74, 6) is 0.985. The molecule has 0 amide bonds. The molecule has 17 heavy (non-hydrogen) atoms. The standard InChI is InChI=1S/C13H21ClN2O/c1-8(2)5-4-6-12(17)10-7-11(14)13(15)16-9(10)3/h7-8,12,17H,4-6H2,1-3H3,(H2,15,16)/t12-/m0/s1. The van der Waals surface area contributed by atoms with Crippen molar-refractivity contribution < 1.29 is 5.11 Å². The monoisotopic (exact) mass is 256 g/mol. The Balaban J connectivity index is 2.68. The Hall–Kier alpha value is -0.800. The minimum absolute atomic E-state index is 0.322. The van der Waals surface area contributed by atoms with E-state index in [-0.39, 0.29) is 0 Å². The first-order chi connectivity index (χ1) is 7.91. The highest BCUT2D eigenvalue weighted by atomic mass is 35.5. The molecule has 0 aromatic carbocycles. The number of rotatable bonds is 5. The van der Waals surface area contributed by atoms with Gasteiger partial charge in [0.15, 0.2) is 0 Å². The Labute approximate surface area is 108 Å². The molecule has 0 aliphatic rings. The van der Waals surface area contributed by atoms with E-state index in [1.165, 1.54) is 0 Å². The molecule has 0 bridgehead atoms. The highest BCUT2D eigenvalue weighted by Crippen LogP contribution is 2.27. The number of aryl methyl sites for hydroxylation is 1. The van der Waals surface area contributed by atoms with Crippen molar-refractivity contribution in [3.8, 4) is 0 Å². The summed E-state index contributed by atoms with van der Waals surface area (Å²) in [5, 5.41) is 10.5. The Morgan fingerprint density at radius 3 is 2.65 bits per heavy atom. The van der Waals surface area contributed by atoms with Crippen molar-refractivity contribution in [2.24, 2.45) is 5.92 Å². The van der Waals surface area contributed by atoms with Crippen molar-refractivity contribution in [1.82, 2.24) is 4.98 Å². The van der Waals surface area contributed by atoms with E-state index in [1.807, 2.05) is 6.92 Å². The molecule has 3 nitrogen and oxygen atoms in total. The van der Waals surface area contributed by atoms with Gasteiger partial charge in [0.2, 0.25) is 0 Å². The van der Waals surface area contributed by atoms with Crippen LogP contribution in [-0.2, 0) is 0 Å². The summed E-state index contributed by atoms with van der Waals surface area (Å²) >= 11 is 5.92. The number of aliphatic hydroxyl groups excluding tert-OH is 1. The molecule has 0 spiro atoms. The van der Waals surface area contributed by atoms with E-state index < -0.39 is 6.10 Å². The van der Waals surface area contributed by atoms with Crippen molar-refractivity contribution in [3.05, 3.63) is 22.3 Å². The first-order valence-corrected chi connectivity index (χ1v) is 6.40. The number of nitrogens with two attached hydrogens (primary N) is 1. The Kier molecular flexibility index (Phi) is 5.22. The van der Waals surface area contributed by atoms with E-state index in [0.717, 1.165) is 30.5 Å². The number of aliphatic hydroxyl groups is 1. The second-order valence-corrected chi connectivity index (χ2v) is 5.28. The zero-order chi connectivity index (χ0) is 13.0. The second kappa shape index (κ2) is 6.22. The number of hydrogen-bond acceptors (Lipinski definition) is 3. The predicted octanol–water partition coefficient (Wildman–Crippen LogP) is 3.49. The Bertz CT molecular complexity index is 380. The van der Waals surface area contributed by atoms with Crippen molar-refractivity contribution >= 4 is 17.4 Å². The van der Waals surface area contributed by atoms with Gasteiger partial charge in [-0.15, -0.1) is 0 Å². The molecular formula is C13H21ClN2O. The van der Waals surface area contributed by atoms with Gasteiger partial charge in [0.05, 0.1) is 11.1 Å². The van der Waals surface area contributed by atoms with Gasteiger partial charge in [-0.1, -0.05) is 38.3 Å². The molecule has 1 aromatic heterocycles. The Morgan fingerprint density at radius 1 is 1.41 bits per heavy atom. The third-order valence-electron chi connectivity index (χ3n) is 2.85. The third-order valence-corrected chi connectivity index (χ3v) is 3.15. The van der Waals surface area contributed by atoms with E-state index in [1.54, 1.807) is 6.07 Å². The number of hydrogen-bond donors (Lipinski definition) is 2. The number of anilines is 1. The molecule has 1 aromatic rings. The normalized spacial score (nSPS) is 13.1. The van der Waals surface area contributed by atoms with Crippen LogP contribution in [0.25, 0.3) is 0 Å². The largest absolute Gasteiger partial charge is 0.388 e. The molecule has 1 atom stereocenters. The predicted molar refractivity (Wildman–Crippen MR) is 72.0 cm³/mol. The molecule has 0 saturated heterocycles. The average Bonchev–Trinajstić information content (AvgIpc) is 2.22. The zero-order valence-electron chi connectivity index (χ0n) is 10.7. The van der Waals surface area contributed by atoms with Gasteiger partial charge in [-0.2, -0.15) is 0 Å². The van der Waals surface area contributed by atoms with E-state index in [2.05, 4.69) is 18.8 Å². The SMILES string of the molecule is Cc1nc(N)c(Cl)cc1[C@@H](O)CCCC(C)C. The van der Waals surface area contributed by atoms with Gasteiger partial charge in [-0.05, 0) is 25.3 Å². The number of aromatic nitrogens is 1. The van der Waals surface area contributed by atoms with Crippen LogP contribution in [0.1, 0.15) is 50.5 Å². The lowest BCUT2D eigenvalue weighted by Gasteiger charge is -2.15. The quantitative estimate of drug-likeness (QED) is 0.848. The van der Waals surface area contributed by atoms with Crippen LogP contribution in [0.15, 0.2) is 6.07 Å². The smallest absolute Gasteiger partial charge is 0.142 e. The van der Waals surface area contributed by atoms with Crippen LogP contribution in [-0.4, -0.2) is 10.1 Å². The first-order valence-electron chi connectivity index (χ1n) is 6.02. The summed E-state index contributed by atoms with van der Waals surface area (Å²) in [6.45, 7) is 6.20. The molecule has 96 valence electrons. The summed E-state index contributed by atoms with van der Waals surface area (Å²) in [7, 11) is 0. The van der Waals surface area contributed by atoms with Gasteiger partial charge in [0.25, 0.3) is 0 Å². The second-order valence-electron chi connectivity index (χ2n) is 4.87. The molecule has 1 rings (SSSR count). The molecule has 1 heterocycles. The van der Waals surface area contributed by atoms with Crippen LogP contribution in [0.4, 0.5) is 5.82 Å². The number of nitrogens with zero attached hydrogens (tertiary/aromatic N) is 1. The Morgan fingerprint density at radius 2 is 2.06 bits per heavy atom. The molecule has 0 unspecified atom stereocenters. The summed E-state index contributed by atoms with van der Waals surface area (Å²) in [6.07, 6.45) is 2.35. The minimum atomic E-state index is -0.501. The molecule has 0 radical (unpaired) electrons. The fourth-order valence-electron chi connectivity index (χ4n) is 1.83.